The Bertz CT molecular complexity index is 600. The molecule has 0 saturated carbocycles. The predicted molar refractivity (Wildman–Crippen MR) is 71.2 cm³/mol. The first kappa shape index (κ1) is 12.5. The van der Waals surface area contributed by atoms with E-state index >= 15 is 0 Å². The summed E-state index contributed by atoms with van der Waals surface area (Å²) in [6.45, 7) is 1.95. The molecule has 2 aromatic rings. The molecular formula is C15H11ClO2. The fraction of sp³-hybridized carbons (Fsp3) is 0.0667. The summed E-state index contributed by atoms with van der Waals surface area (Å²) in [6, 6.07) is 13.8. The number of ketones is 1. The van der Waals surface area contributed by atoms with Crippen LogP contribution >= 0.6 is 11.6 Å². The van der Waals surface area contributed by atoms with Crippen LogP contribution in [-0.4, -0.2) is 11.0 Å². The van der Waals surface area contributed by atoms with Crippen molar-refractivity contribution < 1.29 is 9.59 Å². The molecule has 18 heavy (non-hydrogen) atoms. The van der Waals surface area contributed by atoms with Crippen molar-refractivity contribution in [2.24, 2.45) is 0 Å². The SMILES string of the molecule is Cc1ccc(C(=O)c2ccccc2C(=O)Cl)cc1. The first-order chi connectivity index (χ1) is 8.59. The Morgan fingerprint density at radius 2 is 1.44 bits per heavy atom. The summed E-state index contributed by atoms with van der Waals surface area (Å²) in [5.74, 6) is -0.195. The predicted octanol–water partition coefficient (Wildman–Crippen LogP) is 3.61. The standard InChI is InChI=1S/C15H11ClO2/c1-10-6-8-11(9-7-10)14(17)12-4-2-3-5-13(12)15(16)18/h2-9H,1H3. The lowest BCUT2D eigenvalue weighted by atomic mass is 9.98. The molecule has 0 atom stereocenters. The second-order valence-electron chi connectivity index (χ2n) is 4.01. The average Bonchev–Trinajstić information content (AvgIpc) is 2.39. The summed E-state index contributed by atoms with van der Waals surface area (Å²) in [5.41, 5.74) is 2.20. The minimum atomic E-state index is -0.619. The molecule has 0 fully saturated rings. The van der Waals surface area contributed by atoms with Gasteiger partial charge in [0.05, 0.1) is 0 Å². The third-order valence-electron chi connectivity index (χ3n) is 2.70. The molecule has 2 nitrogen and oxygen atoms in total. The summed E-state index contributed by atoms with van der Waals surface area (Å²) < 4.78 is 0. The average molecular weight is 259 g/mol. The summed E-state index contributed by atoms with van der Waals surface area (Å²) in [5, 5.41) is -0.619. The molecule has 0 unspecified atom stereocenters. The Morgan fingerprint density at radius 1 is 0.889 bits per heavy atom. The van der Waals surface area contributed by atoms with Crippen molar-refractivity contribution in [1.82, 2.24) is 0 Å². The minimum absolute atomic E-state index is 0.195. The van der Waals surface area contributed by atoms with Crippen LogP contribution in [0.3, 0.4) is 0 Å². The number of carbonyl (C=O) groups is 2. The summed E-state index contributed by atoms with van der Waals surface area (Å²) in [7, 11) is 0. The molecule has 0 saturated heterocycles. The van der Waals surface area contributed by atoms with Gasteiger partial charge in [-0.2, -0.15) is 0 Å². The van der Waals surface area contributed by atoms with Crippen molar-refractivity contribution in [2.45, 2.75) is 6.92 Å². The van der Waals surface area contributed by atoms with E-state index in [9.17, 15) is 9.59 Å². The van der Waals surface area contributed by atoms with Crippen LogP contribution in [0.1, 0.15) is 31.8 Å². The van der Waals surface area contributed by atoms with Gasteiger partial charge in [-0.3, -0.25) is 9.59 Å². The molecule has 0 spiro atoms. The van der Waals surface area contributed by atoms with E-state index in [0.29, 0.717) is 11.1 Å². The third kappa shape index (κ3) is 2.49. The molecule has 0 aromatic heterocycles. The lowest BCUT2D eigenvalue weighted by Gasteiger charge is -2.05. The highest BCUT2D eigenvalue weighted by Gasteiger charge is 2.16. The maximum atomic E-state index is 12.3. The summed E-state index contributed by atoms with van der Waals surface area (Å²) in [6.07, 6.45) is 0. The van der Waals surface area contributed by atoms with Crippen LogP contribution in [0.25, 0.3) is 0 Å². The smallest absolute Gasteiger partial charge is 0.253 e. The minimum Gasteiger partial charge on any atom is -0.289 e. The lowest BCUT2D eigenvalue weighted by molar-refractivity contribution is 0.102. The molecular weight excluding hydrogens is 248 g/mol. The Morgan fingerprint density at radius 3 is 2.00 bits per heavy atom. The van der Waals surface area contributed by atoms with Crippen molar-refractivity contribution in [2.75, 3.05) is 0 Å². The number of aryl methyl sites for hydroxylation is 1. The lowest BCUT2D eigenvalue weighted by Crippen LogP contribution is -2.07. The van der Waals surface area contributed by atoms with Crippen LogP contribution in [0.4, 0.5) is 0 Å². The zero-order valence-corrected chi connectivity index (χ0v) is 10.6. The molecule has 2 aromatic carbocycles. The van der Waals surface area contributed by atoms with Gasteiger partial charge in [0.2, 0.25) is 0 Å². The van der Waals surface area contributed by atoms with Gasteiger partial charge in [-0.1, -0.05) is 48.0 Å². The van der Waals surface area contributed by atoms with Gasteiger partial charge < -0.3 is 0 Å². The number of benzene rings is 2. The van der Waals surface area contributed by atoms with Gasteiger partial charge in [-0.25, -0.2) is 0 Å². The molecule has 2 rings (SSSR count). The molecule has 0 radical (unpaired) electrons. The van der Waals surface area contributed by atoms with Crippen LogP contribution in [0.15, 0.2) is 48.5 Å². The number of halogens is 1. The van der Waals surface area contributed by atoms with E-state index in [1.165, 1.54) is 0 Å². The number of rotatable bonds is 3. The topological polar surface area (TPSA) is 34.1 Å². The van der Waals surface area contributed by atoms with Crippen molar-refractivity contribution >= 4 is 22.6 Å². The normalized spacial score (nSPS) is 10.1. The molecule has 0 aliphatic carbocycles. The molecule has 0 heterocycles. The van der Waals surface area contributed by atoms with E-state index in [2.05, 4.69) is 0 Å². The van der Waals surface area contributed by atoms with E-state index in [0.717, 1.165) is 5.56 Å². The molecule has 0 amide bonds. The van der Waals surface area contributed by atoms with Gasteiger partial charge in [0, 0.05) is 16.7 Å². The monoisotopic (exact) mass is 258 g/mol. The fourth-order valence-electron chi connectivity index (χ4n) is 1.71. The number of carbonyl (C=O) groups excluding carboxylic acids is 2. The van der Waals surface area contributed by atoms with Crippen molar-refractivity contribution in [3.8, 4) is 0 Å². The Labute approximate surface area is 110 Å². The van der Waals surface area contributed by atoms with E-state index in [-0.39, 0.29) is 11.3 Å². The molecule has 90 valence electrons. The van der Waals surface area contributed by atoms with Gasteiger partial charge >= 0.3 is 0 Å². The van der Waals surface area contributed by atoms with E-state index in [1.54, 1.807) is 36.4 Å². The Balaban J connectivity index is 2.46. The van der Waals surface area contributed by atoms with Crippen LogP contribution in [0, 0.1) is 6.92 Å². The number of hydrogen-bond donors (Lipinski definition) is 0. The quantitative estimate of drug-likeness (QED) is 0.623. The largest absolute Gasteiger partial charge is 0.289 e. The van der Waals surface area contributed by atoms with Crippen molar-refractivity contribution in [1.29, 1.82) is 0 Å². The third-order valence-corrected chi connectivity index (χ3v) is 2.90. The highest BCUT2D eigenvalue weighted by molar-refractivity contribution is 6.68. The van der Waals surface area contributed by atoms with Gasteiger partial charge in [0.25, 0.3) is 5.24 Å². The first-order valence-corrected chi connectivity index (χ1v) is 5.87. The van der Waals surface area contributed by atoms with Crippen LogP contribution < -0.4 is 0 Å². The Kier molecular flexibility index (Phi) is 3.58. The van der Waals surface area contributed by atoms with Gasteiger partial charge in [-0.15, -0.1) is 0 Å². The van der Waals surface area contributed by atoms with E-state index in [1.807, 2.05) is 19.1 Å². The van der Waals surface area contributed by atoms with Crippen LogP contribution in [0.2, 0.25) is 0 Å². The Hall–Kier alpha value is -1.93. The maximum Gasteiger partial charge on any atom is 0.253 e. The van der Waals surface area contributed by atoms with Gasteiger partial charge in [0.15, 0.2) is 5.78 Å². The molecule has 0 aliphatic rings. The second kappa shape index (κ2) is 5.15. The summed E-state index contributed by atoms with van der Waals surface area (Å²) >= 11 is 5.47. The first-order valence-electron chi connectivity index (χ1n) is 5.50. The summed E-state index contributed by atoms with van der Waals surface area (Å²) in [4.78, 5) is 23.5. The van der Waals surface area contributed by atoms with Crippen molar-refractivity contribution in [3.05, 3.63) is 70.8 Å². The van der Waals surface area contributed by atoms with E-state index in [4.69, 9.17) is 11.6 Å². The molecule has 0 N–H and O–H groups in total. The highest BCUT2D eigenvalue weighted by Crippen LogP contribution is 2.17. The van der Waals surface area contributed by atoms with Crippen LogP contribution in [-0.2, 0) is 0 Å². The van der Waals surface area contributed by atoms with Gasteiger partial charge in [0.1, 0.15) is 0 Å². The maximum absolute atomic E-state index is 12.3. The fourth-order valence-corrected chi connectivity index (χ4v) is 1.88. The van der Waals surface area contributed by atoms with Crippen molar-refractivity contribution in [3.63, 3.8) is 0 Å². The molecule has 0 aliphatic heterocycles. The van der Waals surface area contributed by atoms with Crippen LogP contribution in [0.5, 0.6) is 0 Å². The molecule has 0 bridgehead atoms. The second-order valence-corrected chi connectivity index (χ2v) is 4.36. The molecule has 3 heteroatoms. The van der Waals surface area contributed by atoms with E-state index < -0.39 is 5.24 Å². The number of hydrogen-bond acceptors (Lipinski definition) is 2. The zero-order valence-electron chi connectivity index (χ0n) is 9.81. The van der Waals surface area contributed by atoms with Gasteiger partial charge in [-0.05, 0) is 24.6 Å². The highest BCUT2D eigenvalue weighted by atomic mass is 35.5. The zero-order chi connectivity index (χ0) is 13.1.